The molecule has 0 saturated heterocycles. The minimum absolute atomic E-state index is 0.0973. The van der Waals surface area contributed by atoms with E-state index in [1.165, 1.54) is 12.1 Å². The molecule has 6 nitrogen and oxygen atoms in total. The van der Waals surface area contributed by atoms with Crippen LogP contribution in [-0.2, 0) is 4.79 Å². The Balaban J connectivity index is 2.74. The van der Waals surface area contributed by atoms with Gasteiger partial charge in [-0.25, -0.2) is 0 Å². The van der Waals surface area contributed by atoms with E-state index in [2.05, 4.69) is 21.2 Å². The molecule has 0 heterocycles. The Labute approximate surface area is 119 Å². The molecule has 1 rings (SSSR count). The van der Waals surface area contributed by atoms with Crippen LogP contribution in [0.3, 0.4) is 0 Å². The molecule has 3 N–H and O–H groups in total. The maximum atomic E-state index is 11.8. The Morgan fingerprint density at radius 1 is 1.58 bits per heavy atom. The van der Waals surface area contributed by atoms with Gasteiger partial charge in [-0.2, -0.15) is 0 Å². The SMILES string of the molecule is CCCC[C@H](N)C(=O)Nc1ccc(Br)c([N+](=O)[O-])c1. The van der Waals surface area contributed by atoms with Crippen molar-refractivity contribution in [2.75, 3.05) is 5.32 Å². The first-order valence-corrected chi connectivity index (χ1v) is 6.75. The zero-order valence-corrected chi connectivity index (χ0v) is 12.1. The van der Waals surface area contributed by atoms with Gasteiger partial charge in [0.05, 0.1) is 15.4 Å². The molecule has 0 fully saturated rings. The smallest absolute Gasteiger partial charge is 0.285 e. The molecule has 0 radical (unpaired) electrons. The van der Waals surface area contributed by atoms with Gasteiger partial charge < -0.3 is 11.1 Å². The predicted octanol–water partition coefficient (Wildman–Crippen LogP) is 2.81. The molecule has 0 saturated carbocycles. The summed E-state index contributed by atoms with van der Waals surface area (Å²) in [6.07, 6.45) is 2.43. The van der Waals surface area contributed by atoms with Crippen molar-refractivity contribution in [1.82, 2.24) is 0 Å². The highest BCUT2D eigenvalue weighted by Gasteiger charge is 2.16. The van der Waals surface area contributed by atoms with E-state index in [0.717, 1.165) is 12.8 Å². The summed E-state index contributed by atoms with van der Waals surface area (Å²) >= 11 is 3.08. The monoisotopic (exact) mass is 329 g/mol. The van der Waals surface area contributed by atoms with Gasteiger partial charge in [-0.3, -0.25) is 14.9 Å². The highest BCUT2D eigenvalue weighted by atomic mass is 79.9. The maximum Gasteiger partial charge on any atom is 0.285 e. The molecule has 1 atom stereocenters. The number of nitrogens with one attached hydrogen (secondary N) is 1. The summed E-state index contributed by atoms with van der Waals surface area (Å²) in [6.45, 7) is 2.02. The highest BCUT2D eigenvalue weighted by molar-refractivity contribution is 9.10. The molecule has 0 aliphatic rings. The molecule has 1 amide bonds. The number of hydrogen-bond donors (Lipinski definition) is 2. The Hall–Kier alpha value is -1.47. The normalized spacial score (nSPS) is 11.9. The molecule has 0 aliphatic carbocycles. The van der Waals surface area contributed by atoms with Crippen LogP contribution in [0.1, 0.15) is 26.2 Å². The van der Waals surface area contributed by atoms with Gasteiger partial charge in [0.15, 0.2) is 0 Å². The zero-order valence-electron chi connectivity index (χ0n) is 10.6. The van der Waals surface area contributed by atoms with Gasteiger partial charge in [-0.1, -0.05) is 19.8 Å². The number of rotatable bonds is 6. The lowest BCUT2D eigenvalue weighted by molar-refractivity contribution is -0.385. The third kappa shape index (κ3) is 4.60. The van der Waals surface area contributed by atoms with Crippen LogP contribution in [0.25, 0.3) is 0 Å². The summed E-state index contributed by atoms with van der Waals surface area (Å²) in [5, 5.41) is 13.4. The second-order valence-electron chi connectivity index (χ2n) is 4.16. The topological polar surface area (TPSA) is 98.3 Å². The number of carbonyl (C=O) groups is 1. The van der Waals surface area contributed by atoms with Crippen molar-refractivity contribution in [2.24, 2.45) is 5.73 Å². The minimum atomic E-state index is -0.595. The first-order valence-electron chi connectivity index (χ1n) is 5.96. The van der Waals surface area contributed by atoms with E-state index in [0.29, 0.717) is 16.6 Å². The number of anilines is 1. The first-order chi connectivity index (χ1) is 8.95. The molecule has 0 bridgehead atoms. The summed E-state index contributed by atoms with van der Waals surface area (Å²) in [4.78, 5) is 22.0. The molecule has 0 aliphatic heterocycles. The number of nitro groups is 1. The average molecular weight is 330 g/mol. The van der Waals surface area contributed by atoms with Gasteiger partial charge in [0.1, 0.15) is 0 Å². The number of benzene rings is 1. The quantitative estimate of drug-likeness (QED) is 0.619. The van der Waals surface area contributed by atoms with Crippen LogP contribution in [-0.4, -0.2) is 16.9 Å². The van der Waals surface area contributed by atoms with Crippen LogP contribution >= 0.6 is 15.9 Å². The summed E-state index contributed by atoms with van der Waals surface area (Å²) in [5.74, 6) is -0.329. The van der Waals surface area contributed by atoms with Crippen LogP contribution < -0.4 is 11.1 Å². The van der Waals surface area contributed by atoms with Crippen LogP contribution in [0, 0.1) is 10.1 Å². The second kappa shape index (κ2) is 7.20. The fourth-order valence-corrected chi connectivity index (χ4v) is 1.91. The van der Waals surface area contributed by atoms with Crippen molar-refractivity contribution in [3.05, 3.63) is 32.8 Å². The standard InChI is InChI=1S/C12H16BrN3O3/c1-2-3-4-10(14)12(17)15-8-5-6-9(13)11(7-8)16(18)19/h5-7,10H,2-4,14H2,1H3,(H,15,17)/t10-/m0/s1. The molecular formula is C12H16BrN3O3. The molecule has 1 aromatic carbocycles. The third-order valence-corrected chi connectivity index (χ3v) is 3.29. The number of halogens is 1. The Kier molecular flexibility index (Phi) is 5.91. The van der Waals surface area contributed by atoms with Crippen molar-refractivity contribution >= 4 is 33.2 Å². The molecule has 1 aromatic rings. The average Bonchev–Trinajstić information content (AvgIpc) is 2.37. The molecule has 0 unspecified atom stereocenters. The third-order valence-electron chi connectivity index (χ3n) is 2.62. The van der Waals surface area contributed by atoms with E-state index in [-0.39, 0.29) is 11.6 Å². The van der Waals surface area contributed by atoms with Crippen LogP contribution in [0.2, 0.25) is 0 Å². The molecule has 104 valence electrons. The molecule has 0 spiro atoms. The lowest BCUT2D eigenvalue weighted by Crippen LogP contribution is -2.35. The Bertz CT molecular complexity index is 479. The number of nitro benzene ring substituents is 1. The van der Waals surface area contributed by atoms with E-state index in [4.69, 9.17) is 5.73 Å². The number of hydrogen-bond acceptors (Lipinski definition) is 4. The largest absolute Gasteiger partial charge is 0.324 e. The van der Waals surface area contributed by atoms with Crippen LogP contribution in [0.4, 0.5) is 11.4 Å². The van der Waals surface area contributed by atoms with Gasteiger partial charge in [0.25, 0.3) is 5.69 Å². The van der Waals surface area contributed by atoms with Crippen molar-refractivity contribution < 1.29 is 9.72 Å². The minimum Gasteiger partial charge on any atom is -0.324 e. The summed E-state index contributed by atoms with van der Waals surface area (Å²) in [6, 6.07) is 3.81. The molecular weight excluding hydrogens is 314 g/mol. The predicted molar refractivity (Wildman–Crippen MR) is 76.9 cm³/mol. The van der Waals surface area contributed by atoms with Crippen molar-refractivity contribution in [3.8, 4) is 0 Å². The van der Waals surface area contributed by atoms with Gasteiger partial charge in [0, 0.05) is 11.8 Å². The van der Waals surface area contributed by atoms with Gasteiger partial charge in [0.2, 0.25) is 5.91 Å². The van der Waals surface area contributed by atoms with E-state index < -0.39 is 11.0 Å². The van der Waals surface area contributed by atoms with E-state index in [1.54, 1.807) is 6.07 Å². The van der Waals surface area contributed by atoms with E-state index >= 15 is 0 Å². The fourth-order valence-electron chi connectivity index (χ4n) is 1.52. The summed E-state index contributed by atoms with van der Waals surface area (Å²) < 4.78 is 0.366. The summed E-state index contributed by atoms with van der Waals surface area (Å²) in [5.41, 5.74) is 5.99. The molecule has 19 heavy (non-hydrogen) atoms. The van der Waals surface area contributed by atoms with Crippen molar-refractivity contribution in [2.45, 2.75) is 32.2 Å². The number of unbranched alkanes of at least 4 members (excludes halogenated alkanes) is 1. The van der Waals surface area contributed by atoms with Crippen LogP contribution in [0.15, 0.2) is 22.7 Å². The molecule has 0 aromatic heterocycles. The first kappa shape index (κ1) is 15.6. The highest BCUT2D eigenvalue weighted by Crippen LogP contribution is 2.27. The number of carbonyl (C=O) groups excluding carboxylic acids is 1. The van der Waals surface area contributed by atoms with E-state index in [9.17, 15) is 14.9 Å². The lowest BCUT2D eigenvalue weighted by Gasteiger charge is -2.11. The summed E-state index contributed by atoms with van der Waals surface area (Å²) in [7, 11) is 0. The van der Waals surface area contributed by atoms with Gasteiger partial charge in [-0.05, 0) is 34.5 Å². The Morgan fingerprint density at radius 2 is 2.26 bits per heavy atom. The van der Waals surface area contributed by atoms with Crippen molar-refractivity contribution in [3.63, 3.8) is 0 Å². The van der Waals surface area contributed by atoms with E-state index in [1.807, 2.05) is 6.92 Å². The van der Waals surface area contributed by atoms with Crippen molar-refractivity contribution in [1.29, 1.82) is 0 Å². The zero-order chi connectivity index (χ0) is 14.4. The second-order valence-corrected chi connectivity index (χ2v) is 5.02. The number of amides is 1. The fraction of sp³-hybridized carbons (Fsp3) is 0.417. The van der Waals surface area contributed by atoms with Gasteiger partial charge in [-0.15, -0.1) is 0 Å². The number of nitrogens with zero attached hydrogens (tertiary/aromatic N) is 1. The Morgan fingerprint density at radius 3 is 2.84 bits per heavy atom. The lowest BCUT2D eigenvalue weighted by atomic mass is 10.1. The number of nitrogens with two attached hydrogens (primary N) is 1. The van der Waals surface area contributed by atoms with Gasteiger partial charge >= 0.3 is 0 Å². The van der Waals surface area contributed by atoms with Crippen LogP contribution in [0.5, 0.6) is 0 Å². The maximum absolute atomic E-state index is 11.8. The molecule has 7 heteroatoms.